The molecule has 1 aliphatic heterocycles. The third kappa shape index (κ3) is 7.28. The molecule has 33 heavy (non-hydrogen) atoms. The highest BCUT2D eigenvalue weighted by atomic mass is 32.1. The number of thiophene rings is 1. The molecule has 3 rings (SSSR count). The quantitative estimate of drug-likeness (QED) is 0.620. The van der Waals surface area contributed by atoms with E-state index in [1.807, 2.05) is 18.2 Å². The number of nitrogens with one attached hydrogen (secondary N) is 1. The molecule has 1 aliphatic rings. The van der Waals surface area contributed by atoms with Crippen molar-refractivity contribution in [3.63, 3.8) is 0 Å². The first-order chi connectivity index (χ1) is 15.6. The van der Waals surface area contributed by atoms with Crippen molar-refractivity contribution in [2.24, 2.45) is 0 Å². The Labute approximate surface area is 198 Å². The Balaban J connectivity index is 1.72. The van der Waals surface area contributed by atoms with Crippen molar-refractivity contribution in [3.05, 3.63) is 51.5 Å². The van der Waals surface area contributed by atoms with E-state index in [-0.39, 0.29) is 18.3 Å². The van der Waals surface area contributed by atoms with Crippen LogP contribution >= 0.6 is 11.3 Å². The predicted molar refractivity (Wildman–Crippen MR) is 125 cm³/mol. The highest BCUT2D eigenvalue weighted by Crippen LogP contribution is 2.29. The van der Waals surface area contributed by atoms with Crippen LogP contribution in [0.1, 0.15) is 48.6 Å². The number of rotatable bonds is 7. The van der Waals surface area contributed by atoms with Gasteiger partial charge in [0, 0.05) is 41.7 Å². The maximum Gasteiger partial charge on any atom is 0.408 e. The minimum atomic E-state index is -0.763. The Hall–Kier alpha value is -2.94. The monoisotopic (exact) mass is 473 g/mol. The number of esters is 1. The Morgan fingerprint density at radius 1 is 1.24 bits per heavy atom. The molecule has 0 saturated carbocycles. The molecule has 0 radical (unpaired) electrons. The molecule has 2 aromatic rings. The fourth-order valence-corrected chi connectivity index (χ4v) is 4.80. The molecule has 1 atom stereocenters. The number of carbonyl (C=O) groups is 3. The Morgan fingerprint density at radius 2 is 1.97 bits per heavy atom. The van der Waals surface area contributed by atoms with Gasteiger partial charge in [-0.2, -0.15) is 0 Å². The molecule has 0 bridgehead atoms. The summed E-state index contributed by atoms with van der Waals surface area (Å²) in [6, 6.07) is 4.87. The maximum absolute atomic E-state index is 13.5. The van der Waals surface area contributed by atoms with Crippen LogP contribution < -0.4 is 5.32 Å². The highest BCUT2D eigenvalue weighted by molar-refractivity contribution is 7.12. The van der Waals surface area contributed by atoms with Crippen molar-refractivity contribution in [2.45, 2.75) is 65.1 Å². The molecule has 3 heterocycles. The molecule has 9 heteroatoms. The van der Waals surface area contributed by atoms with Crippen LogP contribution in [0.25, 0.3) is 0 Å². The van der Waals surface area contributed by atoms with Crippen molar-refractivity contribution in [1.29, 1.82) is 0 Å². The first-order valence-corrected chi connectivity index (χ1v) is 11.9. The number of ether oxygens (including phenoxy) is 2. The summed E-state index contributed by atoms with van der Waals surface area (Å²) < 4.78 is 10.4. The second kappa shape index (κ2) is 10.8. The largest absolute Gasteiger partial charge is 0.466 e. The average molecular weight is 474 g/mol. The van der Waals surface area contributed by atoms with Crippen LogP contribution in [0.2, 0.25) is 0 Å². The van der Waals surface area contributed by atoms with Gasteiger partial charge in [0.2, 0.25) is 5.91 Å². The fourth-order valence-electron chi connectivity index (χ4n) is 3.65. The summed E-state index contributed by atoms with van der Waals surface area (Å²) in [5.41, 5.74) is 1.27. The van der Waals surface area contributed by atoms with E-state index >= 15 is 0 Å². The van der Waals surface area contributed by atoms with Gasteiger partial charge in [0.05, 0.1) is 13.0 Å². The molecule has 2 amide bonds. The van der Waals surface area contributed by atoms with Crippen LogP contribution in [0.4, 0.5) is 4.79 Å². The van der Waals surface area contributed by atoms with Crippen molar-refractivity contribution in [1.82, 2.24) is 15.2 Å². The number of aromatic nitrogens is 1. The molecule has 0 spiro atoms. The van der Waals surface area contributed by atoms with E-state index in [2.05, 4.69) is 10.3 Å². The topological polar surface area (TPSA) is 97.8 Å². The zero-order chi connectivity index (χ0) is 24.0. The molecule has 0 aromatic carbocycles. The van der Waals surface area contributed by atoms with Crippen molar-refractivity contribution < 1.29 is 23.9 Å². The first-order valence-electron chi connectivity index (χ1n) is 11.1. The van der Waals surface area contributed by atoms with Crippen molar-refractivity contribution in [3.8, 4) is 0 Å². The lowest BCUT2D eigenvalue weighted by Crippen LogP contribution is -2.51. The lowest BCUT2D eigenvalue weighted by Gasteiger charge is -2.31. The molecule has 178 valence electrons. The second-order valence-corrected chi connectivity index (χ2v) is 10.1. The molecular formula is C24H31N3O5S. The zero-order valence-electron chi connectivity index (χ0n) is 19.6. The van der Waals surface area contributed by atoms with E-state index < -0.39 is 17.7 Å². The molecule has 0 saturated heterocycles. The normalized spacial score (nSPS) is 14.2. The number of amides is 2. The standard InChI is InChI=1S/C24H31N3O5S/c1-5-31-21(28)14-18-13-17-15-27(11-8-20(17)33-18)22(29)19(12-16-6-9-25-10-7-16)26-23(30)32-24(2,3)4/h6-7,9-10,13,19H,5,8,11-12,14-15H2,1-4H3,(H,26,30)/t19-/m0/s1. The summed E-state index contributed by atoms with van der Waals surface area (Å²) in [5.74, 6) is -0.413. The lowest BCUT2D eigenvalue weighted by atomic mass is 10.0. The molecule has 0 unspecified atom stereocenters. The number of alkyl carbamates (subject to hydrolysis) is 1. The summed E-state index contributed by atoms with van der Waals surface area (Å²) >= 11 is 1.60. The SMILES string of the molecule is CCOC(=O)Cc1cc2c(s1)CCN(C(=O)[C@H](Cc1ccncc1)NC(=O)OC(C)(C)C)C2. The number of fused-ring (bicyclic) bond motifs is 1. The van der Waals surface area contributed by atoms with Gasteiger partial charge >= 0.3 is 12.1 Å². The Morgan fingerprint density at radius 3 is 2.64 bits per heavy atom. The maximum atomic E-state index is 13.5. The third-order valence-electron chi connectivity index (χ3n) is 5.03. The zero-order valence-corrected chi connectivity index (χ0v) is 20.4. The van der Waals surface area contributed by atoms with Gasteiger partial charge in [0.1, 0.15) is 11.6 Å². The van der Waals surface area contributed by atoms with E-state index in [0.29, 0.717) is 32.5 Å². The summed E-state index contributed by atoms with van der Waals surface area (Å²) in [6.07, 6.45) is 3.98. The van der Waals surface area contributed by atoms with Gasteiger partial charge in [-0.3, -0.25) is 14.6 Å². The van der Waals surface area contributed by atoms with E-state index in [1.54, 1.807) is 56.3 Å². The van der Waals surface area contributed by atoms with Crippen LogP contribution in [-0.4, -0.2) is 52.6 Å². The number of pyridine rings is 1. The Bertz CT molecular complexity index is 984. The van der Waals surface area contributed by atoms with Crippen molar-refractivity contribution in [2.75, 3.05) is 13.2 Å². The molecule has 8 nitrogen and oxygen atoms in total. The third-order valence-corrected chi connectivity index (χ3v) is 6.27. The molecule has 0 aliphatic carbocycles. The number of hydrogen-bond donors (Lipinski definition) is 1. The minimum absolute atomic E-state index is 0.165. The summed E-state index contributed by atoms with van der Waals surface area (Å²) in [5, 5.41) is 2.76. The van der Waals surface area contributed by atoms with E-state index in [4.69, 9.17) is 9.47 Å². The van der Waals surface area contributed by atoms with Crippen LogP contribution in [0, 0.1) is 0 Å². The minimum Gasteiger partial charge on any atom is -0.466 e. The summed E-state index contributed by atoms with van der Waals surface area (Å²) in [6.45, 7) is 8.48. The Kier molecular flexibility index (Phi) is 8.07. The number of carbonyl (C=O) groups excluding carboxylic acids is 3. The van der Waals surface area contributed by atoms with Gasteiger partial charge in [0.15, 0.2) is 0 Å². The van der Waals surface area contributed by atoms with E-state index in [1.165, 1.54) is 4.88 Å². The van der Waals surface area contributed by atoms with E-state index in [9.17, 15) is 14.4 Å². The van der Waals surface area contributed by atoms with Crippen molar-refractivity contribution >= 4 is 29.3 Å². The van der Waals surface area contributed by atoms with Gasteiger partial charge in [0.25, 0.3) is 0 Å². The smallest absolute Gasteiger partial charge is 0.408 e. The van der Waals surface area contributed by atoms with Gasteiger partial charge in [-0.1, -0.05) is 0 Å². The van der Waals surface area contributed by atoms with Gasteiger partial charge in [-0.05, 0) is 63.4 Å². The molecule has 1 N–H and O–H groups in total. The lowest BCUT2D eigenvalue weighted by molar-refractivity contribution is -0.142. The van der Waals surface area contributed by atoms with Gasteiger partial charge in [-0.25, -0.2) is 4.79 Å². The molecule has 2 aromatic heterocycles. The van der Waals surface area contributed by atoms with Crippen LogP contribution in [-0.2, 0) is 44.9 Å². The fraction of sp³-hybridized carbons (Fsp3) is 0.500. The van der Waals surface area contributed by atoms with Crippen LogP contribution in [0.3, 0.4) is 0 Å². The van der Waals surface area contributed by atoms with Crippen LogP contribution in [0.5, 0.6) is 0 Å². The van der Waals surface area contributed by atoms with E-state index in [0.717, 1.165) is 16.0 Å². The summed E-state index contributed by atoms with van der Waals surface area (Å²) in [7, 11) is 0. The second-order valence-electron chi connectivity index (χ2n) is 8.91. The highest BCUT2D eigenvalue weighted by Gasteiger charge is 2.31. The predicted octanol–water partition coefficient (Wildman–Crippen LogP) is 3.27. The average Bonchev–Trinajstić information content (AvgIpc) is 3.13. The van der Waals surface area contributed by atoms with Gasteiger partial charge in [-0.15, -0.1) is 11.3 Å². The number of nitrogens with zero attached hydrogens (tertiary/aromatic N) is 2. The van der Waals surface area contributed by atoms with Crippen LogP contribution in [0.15, 0.2) is 30.6 Å². The molecular weight excluding hydrogens is 442 g/mol. The first kappa shape index (κ1) is 24.7. The summed E-state index contributed by atoms with van der Waals surface area (Å²) in [4.78, 5) is 45.6. The number of hydrogen-bond acceptors (Lipinski definition) is 7. The van der Waals surface area contributed by atoms with Gasteiger partial charge < -0.3 is 19.7 Å². The molecule has 0 fully saturated rings.